The summed E-state index contributed by atoms with van der Waals surface area (Å²) in [6.45, 7) is 9.90. The summed E-state index contributed by atoms with van der Waals surface area (Å²) >= 11 is 0. The van der Waals surface area contributed by atoms with Crippen LogP contribution >= 0.6 is 0 Å². The third kappa shape index (κ3) is 5.03. The van der Waals surface area contributed by atoms with Gasteiger partial charge in [0.1, 0.15) is 0 Å². The van der Waals surface area contributed by atoms with Gasteiger partial charge in [0.15, 0.2) is 0 Å². The Morgan fingerprint density at radius 3 is 2.74 bits per heavy atom. The second kappa shape index (κ2) is 7.58. The highest BCUT2D eigenvalue weighted by Crippen LogP contribution is 2.22. The molecule has 2 aliphatic heterocycles. The third-order valence-corrected chi connectivity index (χ3v) is 4.14. The summed E-state index contributed by atoms with van der Waals surface area (Å²) in [6, 6.07) is 0. The molecule has 0 amide bonds. The number of rotatable bonds is 7. The Kier molecular flexibility index (Phi) is 6.07. The minimum absolute atomic E-state index is 0.421. The zero-order valence-electron chi connectivity index (χ0n) is 12.7. The van der Waals surface area contributed by atoms with Crippen LogP contribution in [0.15, 0.2) is 0 Å². The molecular formula is C15H30N2O2. The van der Waals surface area contributed by atoms with Gasteiger partial charge in [-0.2, -0.15) is 0 Å². The SMILES string of the molecule is COC1CCN(CC2CCC(CNCC(C)C)O2)C1. The second-order valence-electron chi connectivity index (χ2n) is 6.42. The maximum absolute atomic E-state index is 6.13. The number of likely N-dealkylation sites (tertiary alicyclic amines) is 1. The molecule has 0 aliphatic carbocycles. The summed E-state index contributed by atoms with van der Waals surface area (Å²) in [6.07, 6.45) is 4.87. The molecule has 0 aromatic heterocycles. The van der Waals surface area contributed by atoms with Gasteiger partial charge in [-0.3, -0.25) is 4.90 Å². The lowest BCUT2D eigenvalue weighted by atomic mass is 10.2. The van der Waals surface area contributed by atoms with Crippen molar-refractivity contribution in [1.82, 2.24) is 10.2 Å². The maximum atomic E-state index is 6.13. The van der Waals surface area contributed by atoms with Gasteiger partial charge in [0, 0.05) is 33.3 Å². The Bertz CT molecular complexity index is 261. The summed E-state index contributed by atoms with van der Waals surface area (Å²) in [7, 11) is 1.82. The summed E-state index contributed by atoms with van der Waals surface area (Å²) < 4.78 is 11.5. The topological polar surface area (TPSA) is 33.7 Å². The van der Waals surface area contributed by atoms with Crippen LogP contribution in [0.1, 0.15) is 33.1 Å². The number of ether oxygens (including phenoxy) is 2. The minimum Gasteiger partial charge on any atom is -0.380 e. The van der Waals surface area contributed by atoms with Crippen LogP contribution in [0, 0.1) is 5.92 Å². The zero-order chi connectivity index (χ0) is 13.7. The first-order valence-corrected chi connectivity index (χ1v) is 7.78. The van der Waals surface area contributed by atoms with Crippen LogP contribution in [-0.2, 0) is 9.47 Å². The third-order valence-electron chi connectivity index (χ3n) is 4.14. The lowest BCUT2D eigenvalue weighted by Crippen LogP contribution is -2.34. The lowest BCUT2D eigenvalue weighted by Gasteiger charge is -2.21. The molecule has 2 fully saturated rings. The lowest BCUT2D eigenvalue weighted by molar-refractivity contribution is 0.0236. The van der Waals surface area contributed by atoms with E-state index >= 15 is 0 Å². The van der Waals surface area contributed by atoms with Gasteiger partial charge in [-0.15, -0.1) is 0 Å². The minimum atomic E-state index is 0.421. The van der Waals surface area contributed by atoms with Crippen molar-refractivity contribution >= 4 is 0 Å². The molecule has 2 saturated heterocycles. The van der Waals surface area contributed by atoms with E-state index in [4.69, 9.17) is 9.47 Å². The van der Waals surface area contributed by atoms with Crippen molar-refractivity contribution in [3.8, 4) is 0 Å². The number of nitrogens with one attached hydrogen (secondary N) is 1. The fourth-order valence-corrected chi connectivity index (χ4v) is 3.04. The van der Waals surface area contributed by atoms with Crippen LogP contribution in [0.4, 0.5) is 0 Å². The first-order chi connectivity index (χ1) is 9.17. The van der Waals surface area contributed by atoms with Gasteiger partial charge in [-0.25, -0.2) is 0 Å². The highest BCUT2D eigenvalue weighted by atomic mass is 16.5. The predicted octanol–water partition coefficient (Wildman–Crippen LogP) is 1.50. The monoisotopic (exact) mass is 270 g/mol. The molecule has 0 radical (unpaired) electrons. The predicted molar refractivity (Wildman–Crippen MR) is 77.5 cm³/mol. The first-order valence-electron chi connectivity index (χ1n) is 7.78. The molecule has 0 aromatic rings. The smallest absolute Gasteiger partial charge is 0.0710 e. The number of nitrogens with zero attached hydrogens (tertiary/aromatic N) is 1. The molecule has 0 aromatic carbocycles. The van der Waals surface area contributed by atoms with E-state index in [1.165, 1.54) is 19.3 Å². The van der Waals surface area contributed by atoms with Gasteiger partial charge in [0.25, 0.3) is 0 Å². The summed E-state index contributed by atoms with van der Waals surface area (Å²) in [5, 5.41) is 3.50. The Morgan fingerprint density at radius 1 is 1.26 bits per heavy atom. The van der Waals surface area contributed by atoms with E-state index in [-0.39, 0.29) is 0 Å². The molecule has 0 spiro atoms. The number of methoxy groups -OCH3 is 1. The van der Waals surface area contributed by atoms with Gasteiger partial charge < -0.3 is 14.8 Å². The van der Waals surface area contributed by atoms with Crippen LogP contribution in [0.2, 0.25) is 0 Å². The van der Waals surface area contributed by atoms with Gasteiger partial charge in [0.2, 0.25) is 0 Å². The molecule has 3 unspecified atom stereocenters. The van der Waals surface area contributed by atoms with E-state index in [0.717, 1.165) is 32.7 Å². The van der Waals surface area contributed by atoms with Crippen molar-refractivity contribution in [3.05, 3.63) is 0 Å². The van der Waals surface area contributed by atoms with Crippen LogP contribution in [-0.4, -0.2) is 63.0 Å². The molecular weight excluding hydrogens is 240 g/mol. The van der Waals surface area contributed by atoms with Crippen LogP contribution < -0.4 is 5.32 Å². The average molecular weight is 270 g/mol. The summed E-state index contributed by atoms with van der Waals surface area (Å²) in [5.41, 5.74) is 0. The highest BCUT2D eigenvalue weighted by molar-refractivity contribution is 4.82. The van der Waals surface area contributed by atoms with Crippen molar-refractivity contribution in [1.29, 1.82) is 0 Å². The molecule has 0 bridgehead atoms. The molecule has 112 valence electrons. The fourth-order valence-electron chi connectivity index (χ4n) is 3.04. The molecule has 19 heavy (non-hydrogen) atoms. The van der Waals surface area contributed by atoms with Gasteiger partial charge in [-0.05, 0) is 31.7 Å². The summed E-state index contributed by atoms with van der Waals surface area (Å²) in [5.74, 6) is 0.716. The molecule has 0 saturated carbocycles. The number of hydrogen-bond acceptors (Lipinski definition) is 4. The molecule has 2 rings (SSSR count). The average Bonchev–Trinajstić information content (AvgIpc) is 2.99. The highest BCUT2D eigenvalue weighted by Gasteiger charge is 2.29. The largest absolute Gasteiger partial charge is 0.380 e. The molecule has 2 aliphatic rings. The van der Waals surface area contributed by atoms with Crippen molar-refractivity contribution in [2.24, 2.45) is 5.92 Å². The quantitative estimate of drug-likeness (QED) is 0.760. The Morgan fingerprint density at radius 2 is 2.05 bits per heavy atom. The maximum Gasteiger partial charge on any atom is 0.0710 e. The Hall–Kier alpha value is -0.160. The summed E-state index contributed by atoms with van der Waals surface area (Å²) in [4.78, 5) is 2.49. The van der Waals surface area contributed by atoms with E-state index in [0.29, 0.717) is 24.2 Å². The number of hydrogen-bond donors (Lipinski definition) is 1. The molecule has 4 heteroatoms. The fraction of sp³-hybridized carbons (Fsp3) is 1.00. The molecule has 1 N–H and O–H groups in total. The Balaban J connectivity index is 1.60. The van der Waals surface area contributed by atoms with Crippen molar-refractivity contribution in [2.75, 3.05) is 39.8 Å². The Labute approximate surface area is 117 Å². The van der Waals surface area contributed by atoms with Crippen LogP contribution in [0.25, 0.3) is 0 Å². The zero-order valence-corrected chi connectivity index (χ0v) is 12.7. The van der Waals surface area contributed by atoms with E-state index in [1.54, 1.807) is 0 Å². The molecule has 3 atom stereocenters. The van der Waals surface area contributed by atoms with Crippen LogP contribution in [0.5, 0.6) is 0 Å². The van der Waals surface area contributed by atoms with E-state index in [2.05, 4.69) is 24.1 Å². The van der Waals surface area contributed by atoms with E-state index < -0.39 is 0 Å². The molecule has 2 heterocycles. The van der Waals surface area contributed by atoms with Gasteiger partial charge >= 0.3 is 0 Å². The first kappa shape index (κ1) is 15.2. The van der Waals surface area contributed by atoms with Gasteiger partial charge in [-0.1, -0.05) is 13.8 Å². The normalized spacial score (nSPS) is 32.5. The van der Waals surface area contributed by atoms with Crippen molar-refractivity contribution < 1.29 is 9.47 Å². The van der Waals surface area contributed by atoms with Crippen molar-refractivity contribution in [2.45, 2.75) is 51.4 Å². The van der Waals surface area contributed by atoms with E-state index in [9.17, 15) is 0 Å². The van der Waals surface area contributed by atoms with E-state index in [1.807, 2.05) is 7.11 Å². The van der Waals surface area contributed by atoms with Gasteiger partial charge in [0.05, 0.1) is 18.3 Å². The standard InChI is InChI=1S/C15H30N2O2/c1-12(2)8-16-9-13-4-5-15(19-13)11-17-7-6-14(10-17)18-3/h12-16H,4-11H2,1-3H3. The second-order valence-corrected chi connectivity index (χ2v) is 6.42. The van der Waals surface area contributed by atoms with Crippen LogP contribution in [0.3, 0.4) is 0 Å². The van der Waals surface area contributed by atoms with Crippen molar-refractivity contribution in [3.63, 3.8) is 0 Å². The molecule has 4 nitrogen and oxygen atoms in total.